The Balaban J connectivity index is 1.52. The molecule has 1 fully saturated rings. The number of amides is 1. The number of rotatable bonds is 6. The molecule has 10 nitrogen and oxygen atoms in total. The molecule has 0 aromatic carbocycles. The smallest absolute Gasteiger partial charge is 0.278 e. The molecule has 1 amide bonds. The Bertz CT molecular complexity index is 1380. The van der Waals surface area contributed by atoms with E-state index in [1.807, 2.05) is 0 Å². The quantitative estimate of drug-likeness (QED) is 0.398. The summed E-state index contributed by atoms with van der Waals surface area (Å²) in [5, 5.41) is 13.4. The summed E-state index contributed by atoms with van der Waals surface area (Å²) in [5.41, 5.74) is 1.72. The summed E-state index contributed by atoms with van der Waals surface area (Å²) in [6.45, 7) is 0. The zero-order valence-corrected chi connectivity index (χ0v) is 17.0. The lowest BCUT2D eigenvalue weighted by Crippen LogP contribution is -2.27. The Hall–Kier alpha value is -4.28. The van der Waals surface area contributed by atoms with E-state index in [4.69, 9.17) is 0 Å². The Morgan fingerprint density at radius 1 is 1.16 bits per heavy atom. The number of anilines is 3. The Kier molecular flexibility index (Phi) is 4.77. The van der Waals surface area contributed by atoms with Gasteiger partial charge >= 0.3 is 0 Å². The summed E-state index contributed by atoms with van der Waals surface area (Å²) in [4.78, 5) is 33.5. The van der Waals surface area contributed by atoms with E-state index in [1.54, 1.807) is 31.4 Å². The SMILES string of the molecule is CNc1cc(Nc2cccn(-c3ccc(F)nc3)c2=O)nn2c(C(=O)NC3CC3)cnc12. The van der Waals surface area contributed by atoms with Crippen LogP contribution < -0.4 is 21.5 Å². The number of hydrogen-bond donors (Lipinski definition) is 3. The van der Waals surface area contributed by atoms with E-state index in [1.165, 1.54) is 33.6 Å². The molecule has 4 aromatic heterocycles. The summed E-state index contributed by atoms with van der Waals surface area (Å²) in [6.07, 6.45) is 6.25. The van der Waals surface area contributed by atoms with Crippen molar-refractivity contribution in [2.75, 3.05) is 17.7 Å². The maximum Gasteiger partial charge on any atom is 0.278 e. The summed E-state index contributed by atoms with van der Waals surface area (Å²) < 4.78 is 15.9. The first kappa shape index (κ1) is 19.7. The molecular weight excluding hydrogens is 415 g/mol. The first-order chi connectivity index (χ1) is 15.5. The lowest BCUT2D eigenvalue weighted by Gasteiger charge is -2.12. The van der Waals surface area contributed by atoms with Gasteiger partial charge in [0.15, 0.2) is 17.2 Å². The van der Waals surface area contributed by atoms with Crippen LogP contribution in [0.2, 0.25) is 0 Å². The second-order valence-electron chi connectivity index (χ2n) is 7.38. The summed E-state index contributed by atoms with van der Waals surface area (Å²) >= 11 is 0. The molecule has 1 aliphatic rings. The molecule has 0 bridgehead atoms. The van der Waals surface area contributed by atoms with Gasteiger partial charge in [-0.2, -0.15) is 4.39 Å². The molecule has 11 heteroatoms. The molecule has 32 heavy (non-hydrogen) atoms. The zero-order chi connectivity index (χ0) is 22.2. The van der Waals surface area contributed by atoms with E-state index in [9.17, 15) is 14.0 Å². The lowest BCUT2D eigenvalue weighted by atomic mass is 10.3. The van der Waals surface area contributed by atoms with Crippen LogP contribution in [0.25, 0.3) is 11.3 Å². The van der Waals surface area contributed by atoms with Crippen LogP contribution in [-0.4, -0.2) is 43.1 Å². The molecule has 1 aliphatic carbocycles. The molecule has 0 aliphatic heterocycles. The third-order valence-electron chi connectivity index (χ3n) is 5.08. The van der Waals surface area contributed by atoms with E-state index in [0.29, 0.717) is 28.5 Å². The van der Waals surface area contributed by atoms with Crippen LogP contribution in [-0.2, 0) is 0 Å². The number of nitrogens with one attached hydrogen (secondary N) is 3. The van der Waals surface area contributed by atoms with Crippen molar-refractivity contribution in [2.45, 2.75) is 18.9 Å². The molecule has 0 radical (unpaired) electrons. The zero-order valence-electron chi connectivity index (χ0n) is 17.0. The molecule has 1 saturated carbocycles. The Morgan fingerprint density at radius 2 is 2.00 bits per heavy atom. The topological polar surface area (TPSA) is 118 Å². The van der Waals surface area contributed by atoms with Crippen molar-refractivity contribution in [3.63, 3.8) is 0 Å². The lowest BCUT2D eigenvalue weighted by molar-refractivity contribution is 0.0944. The first-order valence-electron chi connectivity index (χ1n) is 10.0. The molecule has 4 heterocycles. The van der Waals surface area contributed by atoms with Crippen molar-refractivity contribution in [3.05, 3.63) is 70.9 Å². The Labute approximate surface area is 181 Å². The van der Waals surface area contributed by atoms with Crippen LogP contribution >= 0.6 is 0 Å². The molecule has 0 spiro atoms. The number of hydrogen-bond acceptors (Lipinski definition) is 7. The molecule has 4 aromatic rings. The number of carbonyl (C=O) groups is 1. The van der Waals surface area contributed by atoms with E-state index in [-0.39, 0.29) is 23.2 Å². The Morgan fingerprint density at radius 3 is 2.72 bits per heavy atom. The van der Waals surface area contributed by atoms with Crippen LogP contribution in [0.3, 0.4) is 0 Å². The third kappa shape index (κ3) is 3.64. The van der Waals surface area contributed by atoms with Crippen molar-refractivity contribution >= 4 is 28.7 Å². The molecule has 0 saturated heterocycles. The molecule has 0 unspecified atom stereocenters. The van der Waals surface area contributed by atoms with E-state index < -0.39 is 5.95 Å². The molecule has 5 rings (SSSR count). The van der Waals surface area contributed by atoms with E-state index in [0.717, 1.165) is 12.8 Å². The van der Waals surface area contributed by atoms with Gasteiger partial charge in [-0.05, 0) is 37.1 Å². The fourth-order valence-electron chi connectivity index (χ4n) is 3.30. The van der Waals surface area contributed by atoms with Crippen LogP contribution in [0.5, 0.6) is 0 Å². The first-order valence-corrected chi connectivity index (χ1v) is 10.0. The fraction of sp³-hybridized carbons (Fsp3) is 0.190. The average Bonchev–Trinajstić information content (AvgIpc) is 3.50. The minimum absolute atomic E-state index is 0.196. The van der Waals surface area contributed by atoms with Crippen molar-refractivity contribution in [2.24, 2.45) is 0 Å². The van der Waals surface area contributed by atoms with Gasteiger partial charge in [0.05, 0.1) is 23.8 Å². The van der Waals surface area contributed by atoms with Crippen molar-refractivity contribution in [3.8, 4) is 5.69 Å². The standard InChI is InChI=1S/C21H19FN8O2/c1-23-15-9-18(28-30-16(11-25-19(15)30)20(31)26-12-4-5-12)27-14-3-2-8-29(21(14)32)13-6-7-17(22)24-10-13/h2-3,6-12,23H,4-5H2,1H3,(H,26,31)(H,27,28). The van der Waals surface area contributed by atoms with Gasteiger partial charge in [0.1, 0.15) is 5.69 Å². The second kappa shape index (κ2) is 7.76. The van der Waals surface area contributed by atoms with Crippen LogP contribution in [0, 0.1) is 5.95 Å². The summed E-state index contributed by atoms with van der Waals surface area (Å²) in [7, 11) is 1.73. The number of carbonyl (C=O) groups excluding carboxylic acids is 1. The highest BCUT2D eigenvalue weighted by Gasteiger charge is 2.26. The fourth-order valence-corrected chi connectivity index (χ4v) is 3.30. The van der Waals surface area contributed by atoms with Crippen LogP contribution in [0.4, 0.5) is 21.6 Å². The van der Waals surface area contributed by atoms with E-state index >= 15 is 0 Å². The van der Waals surface area contributed by atoms with Gasteiger partial charge in [-0.1, -0.05) is 0 Å². The minimum Gasteiger partial charge on any atom is -0.385 e. The molecule has 0 atom stereocenters. The summed E-state index contributed by atoms with van der Waals surface area (Å²) in [6, 6.07) is 7.82. The van der Waals surface area contributed by atoms with Gasteiger partial charge in [-0.25, -0.2) is 14.5 Å². The maximum atomic E-state index is 13.1. The van der Waals surface area contributed by atoms with Crippen LogP contribution in [0.15, 0.2) is 53.7 Å². The summed E-state index contributed by atoms with van der Waals surface area (Å²) in [5.74, 6) is -0.542. The van der Waals surface area contributed by atoms with Crippen molar-refractivity contribution in [1.29, 1.82) is 0 Å². The van der Waals surface area contributed by atoms with Gasteiger partial charge in [0.25, 0.3) is 11.5 Å². The molecule has 162 valence electrons. The predicted molar refractivity (Wildman–Crippen MR) is 116 cm³/mol. The van der Waals surface area contributed by atoms with Gasteiger partial charge in [0, 0.05) is 25.4 Å². The monoisotopic (exact) mass is 434 g/mol. The van der Waals surface area contributed by atoms with Gasteiger partial charge < -0.3 is 16.0 Å². The van der Waals surface area contributed by atoms with Crippen molar-refractivity contribution < 1.29 is 9.18 Å². The number of nitrogens with zero attached hydrogens (tertiary/aromatic N) is 5. The number of halogens is 1. The van der Waals surface area contributed by atoms with Gasteiger partial charge in [-0.3, -0.25) is 14.2 Å². The normalized spacial score (nSPS) is 13.2. The highest BCUT2D eigenvalue weighted by Crippen LogP contribution is 2.23. The number of pyridine rings is 2. The average molecular weight is 434 g/mol. The maximum absolute atomic E-state index is 13.1. The van der Waals surface area contributed by atoms with Gasteiger partial charge in [0.2, 0.25) is 5.95 Å². The van der Waals surface area contributed by atoms with Gasteiger partial charge in [-0.15, -0.1) is 5.10 Å². The van der Waals surface area contributed by atoms with Crippen molar-refractivity contribution in [1.82, 2.24) is 29.5 Å². The van der Waals surface area contributed by atoms with E-state index in [2.05, 4.69) is 31.0 Å². The highest BCUT2D eigenvalue weighted by molar-refractivity contribution is 5.94. The highest BCUT2D eigenvalue weighted by atomic mass is 19.1. The number of fused-ring (bicyclic) bond motifs is 1. The number of aromatic nitrogens is 5. The third-order valence-corrected chi connectivity index (χ3v) is 5.08. The van der Waals surface area contributed by atoms with Crippen LogP contribution in [0.1, 0.15) is 23.3 Å². The largest absolute Gasteiger partial charge is 0.385 e. The molecular formula is C21H19FN8O2. The molecule has 3 N–H and O–H groups in total. The predicted octanol–water partition coefficient (Wildman–Crippen LogP) is 2.09. The minimum atomic E-state index is -0.630. The number of imidazole rings is 1. The second-order valence-corrected chi connectivity index (χ2v) is 7.38.